The van der Waals surface area contributed by atoms with Gasteiger partial charge in [-0.15, -0.1) is 6.58 Å². The van der Waals surface area contributed by atoms with E-state index in [9.17, 15) is 14.4 Å². The van der Waals surface area contributed by atoms with Crippen LogP contribution in [-0.2, 0) is 20.9 Å². The van der Waals surface area contributed by atoms with Crippen LogP contribution >= 0.6 is 0 Å². The van der Waals surface area contributed by atoms with Crippen molar-refractivity contribution in [2.75, 3.05) is 6.54 Å². The van der Waals surface area contributed by atoms with Crippen molar-refractivity contribution in [3.05, 3.63) is 53.6 Å². The molecule has 134 valence electrons. The summed E-state index contributed by atoms with van der Waals surface area (Å²) in [6.45, 7) is 4.82. The molecule has 1 atom stereocenters. The van der Waals surface area contributed by atoms with E-state index < -0.39 is 23.5 Å². The van der Waals surface area contributed by atoms with Crippen LogP contribution in [0.2, 0.25) is 0 Å². The van der Waals surface area contributed by atoms with E-state index in [2.05, 4.69) is 16.9 Å². The number of carbonyl (C=O) groups excluding carboxylic acids is 2. The van der Waals surface area contributed by atoms with Gasteiger partial charge in [-0.05, 0) is 19.1 Å². The molecule has 0 saturated carbocycles. The Kier molecular flexibility index (Phi) is 4.83. The maximum Gasteiger partial charge on any atom is 0.326 e. The quantitative estimate of drug-likeness (QED) is 0.529. The van der Waals surface area contributed by atoms with Gasteiger partial charge in [0, 0.05) is 11.9 Å². The van der Waals surface area contributed by atoms with E-state index >= 15 is 0 Å². The van der Waals surface area contributed by atoms with Crippen LogP contribution in [0.3, 0.4) is 0 Å². The van der Waals surface area contributed by atoms with Crippen LogP contribution in [0.4, 0.5) is 0 Å². The third-order valence-corrected chi connectivity index (χ3v) is 3.75. The van der Waals surface area contributed by atoms with Gasteiger partial charge in [0.15, 0.2) is 6.10 Å². The molecular weight excluding hydrogens is 338 g/mol. The van der Waals surface area contributed by atoms with Crippen molar-refractivity contribution in [2.45, 2.75) is 19.6 Å². The number of ether oxygens (including phenoxy) is 1. The Bertz CT molecular complexity index is 1050. The average molecular weight is 355 g/mol. The minimum absolute atomic E-state index is 0.0678. The minimum Gasteiger partial charge on any atom is -0.451 e. The van der Waals surface area contributed by atoms with E-state index in [1.54, 1.807) is 18.2 Å². The predicted molar refractivity (Wildman–Crippen MR) is 94.5 cm³/mol. The Morgan fingerprint density at radius 3 is 2.96 bits per heavy atom. The van der Waals surface area contributed by atoms with E-state index in [1.807, 2.05) is 6.07 Å². The highest BCUT2D eigenvalue weighted by Gasteiger charge is 2.19. The number of nitrogens with one attached hydrogen (secondary N) is 1. The van der Waals surface area contributed by atoms with Crippen LogP contribution < -0.4 is 10.9 Å². The lowest BCUT2D eigenvalue weighted by atomic mass is 10.2. The van der Waals surface area contributed by atoms with Crippen molar-refractivity contribution in [1.82, 2.24) is 14.9 Å². The van der Waals surface area contributed by atoms with Gasteiger partial charge in [-0.2, -0.15) is 0 Å². The van der Waals surface area contributed by atoms with Crippen molar-refractivity contribution < 1.29 is 18.7 Å². The first-order valence-corrected chi connectivity index (χ1v) is 7.96. The number of furan rings is 1. The summed E-state index contributed by atoms with van der Waals surface area (Å²) in [5.41, 5.74) is 0.553. The van der Waals surface area contributed by atoms with Gasteiger partial charge in [-0.3, -0.25) is 19.0 Å². The molecule has 0 spiro atoms. The van der Waals surface area contributed by atoms with E-state index in [-0.39, 0.29) is 18.7 Å². The van der Waals surface area contributed by atoms with Crippen LogP contribution in [-0.4, -0.2) is 34.1 Å². The molecule has 8 nitrogen and oxygen atoms in total. The molecule has 3 rings (SSSR count). The molecule has 1 amide bonds. The number of hydrogen-bond acceptors (Lipinski definition) is 6. The number of carbonyl (C=O) groups is 2. The summed E-state index contributed by atoms with van der Waals surface area (Å²) in [6.07, 6.45) is 1.79. The largest absolute Gasteiger partial charge is 0.451 e. The van der Waals surface area contributed by atoms with Crippen LogP contribution in [0, 0.1) is 0 Å². The molecule has 8 heteroatoms. The maximum atomic E-state index is 12.5. The Labute approximate surface area is 148 Å². The number of benzene rings is 1. The van der Waals surface area contributed by atoms with Crippen molar-refractivity contribution in [1.29, 1.82) is 0 Å². The van der Waals surface area contributed by atoms with E-state index in [0.29, 0.717) is 11.1 Å². The molecule has 0 aliphatic carbocycles. The van der Waals surface area contributed by atoms with E-state index in [1.165, 1.54) is 19.3 Å². The van der Waals surface area contributed by atoms with Gasteiger partial charge in [0.1, 0.15) is 17.6 Å². The summed E-state index contributed by atoms with van der Waals surface area (Å²) < 4.78 is 11.7. The van der Waals surface area contributed by atoms with Gasteiger partial charge in [0.2, 0.25) is 5.58 Å². The average Bonchev–Trinajstić information content (AvgIpc) is 3.01. The van der Waals surface area contributed by atoms with Crippen LogP contribution in [0.1, 0.15) is 6.92 Å². The highest BCUT2D eigenvalue weighted by atomic mass is 16.5. The molecule has 0 bridgehead atoms. The van der Waals surface area contributed by atoms with Gasteiger partial charge < -0.3 is 14.5 Å². The molecule has 0 aliphatic rings. The lowest BCUT2D eigenvalue weighted by Gasteiger charge is -2.13. The molecule has 0 saturated heterocycles. The fourth-order valence-corrected chi connectivity index (χ4v) is 2.47. The number of fused-ring (bicyclic) bond motifs is 3. The molecule has 1 aromatic carbocycles. The van der Waals surface area contributed by atoms with Crippen molar-refractivity contribution >= 4 is 33.9 Å². The molecule has 1 N–H and O–H groups in total. The lowest BCUT2D eigenvalue weighted by molar-refractivity contribution is -0.155. The zero-order chi connectivity index (χ0) is 18.7. The van der Waals surface area contributed by atoms with Gasteiger partial charge in [0.05, 0.1) is 6.33 Å². The Hall–Kier alpha value is -3.42. The third-order valence-electron chi connectivity index (χ3n) is 3.75. The monoisotopic (exact) mass is 355 g/mol. The summed E-state index contributed by atoms with van der Waals surface area (Å²) in [5.74, 6) is -1.18. The fourth-order valence-electron chi connectivity index (χ4n) is 2.47. The number of esters is 1. The SMILES string of the molecule is C=CCNC(=O)C(C)OC(=O)Cn1cnc2c(oc3ccccc32)c1=O. The third kappa shape index (κ3) is 3.34. The molecule has 1 unspecified atom stereocenters. The van der Waals surface area contributed by atoms with Crippen LogP contribution in [0.5, 0.6) is 0 Å². The predicted octanol–water partition coefficient (Wildman–Crippen LogP) is 1.38. The summed E-state index contributed by atoms with van der Waals surface area (Å²) >= 11 is 0. The molecule has 0 aliphatic heterocycles. The van der Waals surface area contributed by atoms with Crippen LogP contribution in [0.25, 0.3) is 22.1 Å². The van der Waals surface area contributed by atoms with Crippen molar-refractivity contribution in [3.8, 4) is 0 Å². The van der Waals surface area contributed by atoms with E-state index in [4.69, 9.17) is 9.15 Å². The van der Waals surface area contributed by atoms with Gasteiger partial charge in [0.25, 0.3) is 11.5 Å². The molecule has 0 radical (unpaired) electrons. The summed E-state index contributed by atoms with van der Waals surface area (Å²) in [4.78, 5) is 40.5. The molecule has 0 fully saturated rings. The number of hydrogen-bond donors (Lipinski definition) is 1. The van der Waals surface area contributed by atoms with Gasteiger partial charge in [-0.1, -0.05) is 18.2 Å². The maximum absolute atomic E-state index is 12.5. The Balaban J connectivity index is 1.78. The summed E-state index contributed by atoms with van der Waals surface area (Å²) in [6, 6.07) is 7.15. The van der Waals surface area contributed by atoms with E-state index in [0.717, 1.165) is 9.95 Å². The molecule has 2 aromatic heterocycles. The second-order valence-electron chi connectivity index (χ2n) is 5.62. The van der Waals surface area contributed by atoms with Gasteiger partial charge in [-0.25, -0.2) is 4.98 Å². The van der Waals surface area contributed by atoms with Crippen LogP contribution in [0.15, 0.2) is 52.5 Å². The first kappa shape index (κ1) is 17.4. The van der Waals surface area contributed by atoms with Gasteiger partial charge >= 0.3 is 5.97 Å². The Morgan fingerprint density at radius 1 is 1.42 bits per heavy atom. The summed E-state index contributed by atoms with van der Waals surface area (Å²) in [7, 11) is 0. The number of nitrogens with zero attached hydrogens (tertiary/aromatic N) is 2. The standard InChI is InChI=1S/C18H17N3O5/c1-3-8-19-17(23)11(2)25-14(22)9-21-10-20-15-12-6-4-5-7-13(12)26-16(15)18(21)24/h3-7,10-11H,1,8-9H2,2H3,(H,19,23). The first-order chi connectivity index (χ1) is 12.5. The summed E-state index contributed by atoms with van der Waals surface area (Å²) in [5, 5.41) is 3.25. The molecule has 3 aromatic rings. The number of para-hydroxylation sites is 1. The topological polar surface area (TPSA) is 103 Å². The normalized spacial score (nSPS) is 12.0. The first-order valence-electron chi connectivity index (χ1n) is 7.96. The minimum atomic E-state index is -0.985. The molecule has 2 heterocycles. The highest BCUT2D eigenvalue weighted by molar-refractivity contribution is 6.01. The van der Waals surface area contributed by atoms with Crippen molar-refractivity contribution in [2.24, 2.45) is 0 Å². The smallest absolute Gasteiger partial charge is 0.326 e. The lowest BCUT2D eigenvalue weighted by Crippen LogP contribution is -2.37. The number of rotatable bonds is 6. The zero-order valence-electron chi connectivity index (χ0n) is 14.1. The fraction of sp³-hybridized carbons (Fsp3) is 0.222. The Morgan fingerprint density at radius 2 is 2.19 bits per heavy atom. The second kappa shape index (κ2) is 7.22. The highest BCUT2D eigenvalue weighted by Crippen LogP contribution is 2.23. The molecular formula is C18H17N3O5. The number of aromatic nitrogens is 2. The second-order valence-corrected chi connectivity index (χ2v) is 5.62. The number of amides is 1. The zero-order valence-corrected chi connectivity index (χ0v) is 14.1. The molecule has 26 heavy (non-hydrogen) atoms. The van der Waals surface area contributed by atoms with Crippen molar-refractivity contribution in [3.63, 3.8) is 0 Å².